The average molecular weight is 241 g/mol. The van der Waals surface area contributed by atoms with E-state index in [1.54, 1.807) is 0 Å². The van der Waals surface area contributed by atoms with Gasteiger partial charge in [-0.3, -0.25) is 4.90 Å². The van der Waals surface area contributed by atoms with E-state index in [0.29, 0.717) is 18.0 Å². The Balaban J connectivity index is 1.76. The lowest BCUT2D eigenvalue weighted by atomic mass is 9.75. The SMILES string of the molecule is CN1C2CCC1C(C1CCSCC1)C(O)C2. The molecule has 3 aliphatic rings. The minimum Gasteiger partial charge on any atom is -0.393 e. The molecule has 0 aliphatic carbocycles. The molecule has 0 radical (unpaired) electrons. The largest absolute Gasteiger partial charge is 0.393 e. The van der Waals surface area contributed by atoms with Gasteiger partial charge in [0.15, 0.2) is 0 Å². The Labute approximate surface area is 103 Å². The first-order valence-corrected chi connectivity index (χ1v) is 7.90. The molecular formula is C13H23NOS. The van der Waals surface area contributed by atoms with Crippen molar-refractivity contribution in [3.05, 3.63) is 0 Å². The molecule has 3 heterocycles. The molecule has 2 nitrogen and oxygen atoms in total. The molecule has 92 valence electrons. The monoisotopic (exact) mass is 241 g/mol. The minimum atomic E-state index is -0.0122. The summed E-state index contributed by atoms with van der Waals surface area (Å²) < 4.78 is 0. The molecule has 3 saturated heterocycles. The molecule has 0 aromatic carbocycles. The summed E-state index contributed by atoms with van der Waals surface area (Å²) in [5.74, 6) is 3.99. The number of fused-ring (bicyclic) bond motifs is 2. The predicted octanol–water partition coefficient (Wildman–Crippen LogP) is 1.97. The third kappa shape index (κ3) is 1.81. The van der Waals surface area contributed by atoms with Gasteiger partial charge in [-0.25, -0.2) is 0 Å². The van der Waals surface area contributed by atoms with Gasteiger partial charge in [-0.15, -0.1) is 0 Å². The zero-order chi connectivity index (χ0) is 11.1. The predicted molar refractivity (Wildman–Crippen MR) is 68.7 cm³/mol. The molecule has 4 atom stereocenters. The van der Waals surface area contributed by atoms with E-state index in [-0.39, 0.29) is 6.10 Å². The first-order chi connectivity index (χ1) is 7.77. The quantitative estimate of drug-likeness (QED) is 0.759. The first kappa shape index (κ1) is 11.4. The van der Waals surface area contributed by atoms with Crippen LogP contribution in [-0.2, 0) is 0 Å². The average Bonchev–Trinajstić information content (AvgIpc) is 2.56. The van der Waals surface area contributed by atoms with E-state index in [0.717, 1.165) is 12.3 Å². The van der Waals surface area contributed by atoms with E-state index in [1.165, 1.54) is 37.2 Å². The van der Waals surface area contributed by atoms with Crippen LogP contribution in [0.15, 0.2) is 0 Å². The lowest BCUT2D eigenvalue weighted by Crippen LogP contribution is -2.52. The van der Waals surface area contributed by atoms with Crippen LogP contribution < -0.4 is 0 Å². The van der Waals surface area contributed by atoms with Gasteiger partial charge < -0.3 is 5.11 Å². The molecule has 16 heavy (non-hydrogen) atoms. The Morgan fingerprint density at radius 1 is 1.12 bits per heavy atom. The summed E-state index contributed by atoms with van der Waals surface area (Å²) in [5.41, 5.74) is 0. The van der Waals surface area contributed by atoms with Crippen molar-refractivity contribution in [1.82, 2.24) is 4.90 Å². The van der Waals surface area contributed by atoms with Crippen molar-refractivity contribution in [3.63, 3.8) is 0 Å². The highest BCUT2D eigenvalue weighted by Gasteiger charge is 2.47. The lowest BCUT2D eigenvalue weighted by Gasteiger charge is -2.45. The zero-order valence-corrected chi connectivity index (χ0v) is 11.0. The second-order valence-corrected chi connectivity index (χ2v) is 7.02. The Hall–Kier alpha value is 0.270. The van der Waals surface area contributed by atoms with Crippen LogP contribution >= 0.6 is 11.8 Å². The summed E-state index contributed by atoms with van der Waals surface area (Å²) in [6.07, 6.45) is 6.33. The van der Waals surface area contributed by atoms with E-state index in [9.17, 15) is 5.11 Å². The number of thioether (sulfide) groups is 1. The number of nitrogens with zero attached hydrogens (tertiary/aromatic N) is 1. The third-order valence-electron chi connectivity index (χ3n) is 5.11. The third-order valence-corrected chi connectivity index (χ3v) is 6.16. The number of piperidine rings is 1. The summed E-state index contributed by atoms with van der Waals surface area (Å²) in [6, 6.07) is 1.36. The van der Waals surface area contributed by atoms with Gasteiger partial charge >= 0.3 is 0 Å². The van der Waals surface area contributed by atoms with Gasteiger partial charge in [0.2, 0.25) is 0 Å². The van der Waals surface area contributed by atoms with Crippen molar-refractivity contribution in [2.75, 3.05) is 18.6 Å². The molecule has 3 heteroatoms. The highest BCUT2D eigenvalue weighted by Crippen LogP contribution is 2.44. The standard InChI is InChI=1S/C13H23NOS/c1-14-10-2-3-11(14)13(12(15)8-10)9-4-6-16-7-5-9/h9-13,15H,2-8H2,1H3. The summed E-state index contributed by atoms with van der Waals surface area (Å²) in [5, 5.41) is 10.4. The van der Waals surface area contributed by atoms with Crippen molar-refractivity contribution >= 4 is 11.8 Å². The van der Waals surface area contributed by atoms with Crippen LogP contribution in [0.5, 0.6) is 0 Å². The number of hydrogen-bond acceptors (Lipinski definition) is 3. The highest BCUT2D eigenvalue weighted by atomic mass is 32.2. The number of aliphatic hydroxyl groups excluding tert-OH is 1. The normalized spacial score (nSPS) is 46.1. The summed E-state index contributed by atoms with van der Waals surface area (Å²) >= 11 is 2.09. The van der Waals surface area contributed by atoms with E-state index < -0.39 is 0 Å². The molecule has 0 spiro atoms. The number of aliphatic hydroxyl groups is 1. The van der Waals surface area contributed by atoms with Crippen LogP contribution in [0.1, 0.15) is 32.1 Å². The van der Waals surface area contributed by atoms with Crippen LogP contribution in [0.25, 0.3) is 0 Å². The van der Waals surface area contributed by atoms with E-state index in [2.05, 4.69) is 23.7 Å². The van der Waals surface area contributed by atoms with Crippen LogP contribution in [0.3, 0.4) is 0 Å². The lowest BCUT2D eigenvalue weighted by molar-refractivity contribution is -0.0352. The van der Waals surface area contributed by atoms with Gasteiger partial charge in [-0.2, -0.15) is 11.8 Å². The maximum absolute atomic E-state index is 10.4. The fourth-order valence-corrected chi connectivity index (χ4v) is 5.35. The second-order valence-electron chi connectivity index (χ2n) is 5.79. The Kier molecular flexibility index (Phi) is 3.20. The Morgan fingerprint density at radius 3 is 2.62 bits per heavy atom. The first-order valence-electron chi connectivity index (χ1n) is 6.75. The Morgan fingerprint density at radius 2 is 1.88 bits per heavy atom. The topological polar surface area (TPSA) is 23.5 Å². The van der Waals surface area contributed by atoms with Gasteiger partial charge in [0, 0.05) is 18.0 Å². The molecule has 3 rings (SSSR count). The van der Waals surface area contributed by atoms with Crippen LogP contribution in [0, 0.1) is 11.8 Å². The minimum absolute atomic E-state index is 0.0122. The molecular weight excluding hydrogens is 218 g/mol. The van der Waals surface area contributed by atoms with Crippen molar-refractivity contribution < 1.29 is 5.11 Å². The highest BCUT2D eigenvalue weighted by molar-refractivity contribution is 7.99. The van der Waals surface area contributed by atoms with E-state index in [1.807, 2.05) is 0 Å². The van der Waals surface area contributed by atoms with Crippen LogP contribution in [-0.4, -0.2) is 46.7 Å². The molecule has 2 bridgehead atoms. The fourth-order valence-electron chi connectivity index (χ4n) is 4.21. The van der Waals surface area contributed by atoms with Gasteiger partial charge in [-0.1, -0.05) is 0 Å². The van der Waals surface area contributed by atoms with Crippen molar-refractivity contribution in [2.45, 2.75) is 50.3 Å². The molecule has 0 amide bonds. The summed E-state index contributed by atoms with van der Waals surface area (Å²) in [4.78, 5) is 2.57. The van der Waals surface area contributed by atoms with E-state index >= 15 is 0 Å². The molecule has 3 fully saturated rings. The summed E-state index contributed by atoms with van der Waals surface area (Å²) in [7, 11) is 2.28. The summed E-state index contributed by atoms with van der Waals surface area (Å²) in [6.45, 7) is 0. The molecule has 0 aromatic rings. The fraction of sp³-hybridized carbons (Fsp3) is 1.00. The second kappa shape index (κ2) is 4.51. The maximum atomic E-state index is 10.4. The van der Waals surface area contributed by atoms with Crippen LogP contribution in [0.4, 0.5) is 0 Å². The number of rotatable bonds is 1. The van der Waals surface area contributed by atoms with E-state index in [4.69, 9.17) is 0 Å². The van der Waals surface area contributed by atoms with Gasteiger partial charge in [0.25, 0.3) is 0 Å². The Bertz CT molecular complexity index is 254. The molecule has 0 aromatic heterocycles. The van der Waals surface area contributed by atoms with Crippen molar-refractivity contribution in [1.29, 1.82) is 0 Å². The molecule has 4 unspecified atom stereocenters. The zero-order valence-electron chi connectivity index (χ0n) is 10.1. The van der Waals surface area contributed by atoms with Gasteiger partial charge in [0.05, 0.1) is 6.10 Å². The maximum Gasteiger partial charge on any atom is 0.0600 e. The van der Waals surface area contributed by atoms with Gasteiger partial charge in [0.1, 0.15) is 0 Å². The number of hydrogen-bond donors (Lipinski definition) is 1. The smallest absolute Gasteiger partial charge is 0.0600 e. The molecule has 1 N–H and O–H groups in total. The van der Waals surface area contributed by atoms with Crippen LogP contribution in [0.2, 0.25) is 0 Å². The van der Waals surface area contributed by atoms with Crippen molar-refractivity contribution in [3.8, 4) is 0 Å². The van der Waals surface area contributed by atoms with Gasteiger partial charge in [-0.05, 0) is 56.6 Å². The van der Waals surface area contributed by atoms with Crippen molar-refractivity contribution in [2.24, 2.45) is 11.8 Å². The molecule has 3 aliphatic heterocycles. The molecule has 0 saturated carbocycles.